The molecule has 4 heterocycles. The van der Waals surface area contributed by atoms with E-state index in [1.165, 1.54) is 12.1 Å². The van der Waals surface area contributed by atoms with E-state index in [0.717, 1.165) is 36.8 Å². The van der Waals surface area contributed by atoms with Gasteiger partial charge >= 0.3 is 0 Å². The molecular formula is C39H51N5O7. The maximum absolute atomic E-state index is 13.5. The third-order valence-corrected chi connectivity index (χ3v) is 10.6. The largest absolute Gasteiger partial charge is 0.493 e. The number of carbonyl (C=O) groups is 2. The van der Waals surface area contributed by atoms with Crippen LogP contribution >= 0.6 is 0 Å². The number of nitrogens with two attached hydrogens (primary N) is 1. The standard InChI is InChI=1S/C39H51N5O7/c1-23-13-25-19-41-28-17-33(31(48-7)15-26(28)35(45)42(25)20-23)51-22-39(5,6)10-9-38(3,4)11-12-50-34-18-29-27(16-32(34)49-8)36(46)43-21-24(2)14-30(43)37(47)44(29)40/h15-19,25,30,37,47H,1-2,9-14,20-22,40H2,3-8H3. The fourth-order valence-corrected chi connectivity index (χ4v) is 7.20. The summed E-state index contributed by atoms with van der Waals surface area (Å²) in [6.45, 7) is 18.6. The molecule has 4 aliphatic heterocycles. The van der Waals surface area contributed by atoms with E-state index in [4.69, 9.17) is 24.8 Å². The van der Waals surface area contributed by atoms with Gasteiger partial charge in [0.15, 0.2) is 29.2 Å². The number of anilines is 1. The van der Waals surface area contributed by atoms with E-state index < -0.39 is 12.3 Å². The van der Waals surface area contributed by atoms with Gasteiger partial charge in [-0.3, -0.25) is 19.6 Å². The van der Waals surface area contributed by atoms with Crippen molar-refractivity contribution in [2.75, 3.05) is 45.5 Å². The zero-order chi connectivity index (χ0) is 36.8. The fourth-order valence-electron chi connectivity index (χ4n) is 7.20. The van der Waals surface area contributed by atoms with Crippen molar-refractivity contribution < 1.29 is 33.6 Å². The van der Waals surface area contributed by atoms with E-state index in [9.17, 15) is 14.7 Å². The number of carbonyl (C=O) groups excluding carboxylic acids is 2. The highest BCUT2D eigenvalue weighted by molar-refractivity contribution is 6.04. The van der Waals surface area contributed by atoms with E-state index in [0.29, 0.717) is 78.2 Å². The average molecular weight is 702 g/mol. The van der Waals surface area contributed by atoms with Crippen LogP contribution in [-0.4, -0.2) is 91.8 Å². The van der Waals surface area contributed by atoms with Crippen molar-refractivity contribution in [3.05, 3.63) is 59.7 Å². The van der Waals surface area contributed by atoms with Crippen LogP contribution in [0.25, 0.3) is 0 Å². The molecule has 274 valence electrons. The number of amides is 2. The lowest BCUT2D eigenvalue weighted by Crippen LogP contribution is -2.51. The van der Waals surface area contributed by atoms with Gasteiger partial charge in [0.05, 0.1) is 62.0 Å². The van der Waals surface area contributed by atoms with Crippen LogP contribution in [0.15, 0.2) is 53.6 Å². The Labute approximate surface area is 300 Å². The summed E-state index contributed by atoms with van der Waals surface area (Å²) < 4.78 is 23.9. The molecule has 3 unspecified atom stereocenters. The normalized spacial score (nSPS) is 21.6. The van der Waals surface area contributed by atoms with Crippen molar-refractivity contribution in [2.45, 2.75) is 78.1 Å². The number of ether oxygens (including phenoxy) is 4. The zero-order valence-electron chi connectivity index (χ0n) is 30.7. The smallest absolute Gasteiger partial charge is 0.257 e. The Morgan fingerprint density at radius 2 is 1.43 bits per heavy atom. The highest BCUT2D eigenvalue weighted by atomic mass is 16.5. The van der Waals surface area contributed by atoms with Gasteiger partial charge in [-0.2, -0.15) is 0 Å². The average Bonchev–Trinajstić information content (AvgIpc) is 3.64. The molecule has 4 aliphatic rings. The van der Waals surface area contributed by atoms with Crippen LogP contribution in [0.1, 0.15) is 80.5 Å². The van der Waals surface area contributed by atoms with Crippen molar-refractivity contribution in [1.29, 1.82) is 0 Å². The Morgan fingerprint density at radius 3 is 2.14 bits per heavy atom. The summed E-state index contributed by atoms with van der Waals surface area (Å²) in [4.78, 5) is 34.9. The number of hydrazine groups is 1. The lowest BCUT2D eigenvalue weighted by Gasteiger charge is -2.31. The van der Waals surface area contributed by atoms with Crippen LogP contribution in [0.5, 0.6) is 23.0 Å². The number of rotatable bonds is 12. The third-order valence-electron chi connectivity index (χ3n) is 10.6. The number of fused-ring (bicyclic) bond motifs is 4. The minimum Gasteiger partial charge on any atom is -0.493 e. The lowest BCUT2D eigenvalue weighted by atomic mass is 9.78. The predicted octanol–water partition coefficient (Wildman–Crippen LogP) is 5.65. The number of aliphatic hydroxyl groups excluding tert-OH is 1. The van der Waals surface area contributed by atoms with Gasteiger partial charge in [-0.05, 0) is 55.1 Å². The lowest BCUT2D eigenvalue weighted by molar-refractivity contribution is 0.0513. The molecule has 0 aliphatic carbocycles. The molecule has 12 nitrogen and oxygen atoms in total. The molecule has 6 rings (SSSR count). The number of hydrogen-bond acceptors (Lipinski definition) is 10. The molecule has 2 aromatic carbocycles. The fraction of sp³-hybridized carbons (Fsp3) is 0.513. The topological polar surface area (TPSA) is 139 Å². The first-order valence-corrected chi connectivity index (χ1v) is 17.5. The second kappa shape index (κ2) is 13.9. The molecule has 3 N–H and O–H groups in total. The van der Waals surface area contributed by atoms with Crippen LogP contribution in [0.4, 0.5) is 11.4 Å². The summed E-state index contributed by atoms with van der Waals surface area (Å²) in [6.07, 6.45) is 4.51. The molecule has 2 saturated heterocycles. The molecule has 2 aromatic rings. The van der Waals surface area contributed by atoms with Crippen LogP contribution in [0, 0.1) is 10.8 Å². The van der Waals surface area contributed by atoms with Crippen molar-refractivity contribution in [1.82, 2.24) is 9.80 Å². The predicted molar refractivity (Wildman–Crippen MR) is 196 cm³/mol. The second-order valence-electron chi connectivity index (χ2n) is 15.8. The maximum atomic E-state index is 13.5. The first kappa shape index (κ1) is 36.2. The van der Waals surface area contributed by atoms with Gasteiger partial charge in [-0.15, -0.1) is 0 Å². The molecule has 0 saturated carbocycles. The summed E-state index contributed by atoms with van der Waals surface area (Å²) in [5.74, 6) is 7.99. The summed E-state index contributed by atoms with van der Waals surface area (Å²) in [6, 6.07) is 6.29. The third kappa shape index (κ3) is 7.30. The monoisotopic (exact) mass is 701 g/mol. The van der Waals surface area contributed by atoms with Gasteiger partial charge < -0.3 is 33.9 Å². The van der Waals surface area contributed by atoms with Gasteiger partial charge in [0, 0.05) is 31.4 Å². The van der Waals surface area contributed by atoms with E-state index in [1.807, 2.05) is 6.21 Å². The van der Waals surface area contributed by atoms with E-state index in [-0.39, 0.29) is 28.7 Å². The Bertz CT molecular complexity index is 1770. The van der Waals surface area contributed by atoms with E-state index >= 15 is 0 Å². The summed E-state index contributed by atoms with van der Waals surface area (Å²) in [7, 11) is 3.11. The van der Waals surface area contributed by atoms with Gasteiger partial charge in [0.1, 0.15) is 0 Å². The van der Waals surface area contributed by atoms with Gasteiger partial charge in [0.2, 0.25) is 0 Å². The number of hydrogen-bond donors (Lipinski definition) is 2. The summed E-state index contributed by atoms with van der Waals surface area (Å²) in [5, 5.41) is 12.3. The highest BCUT2D eigenvalue weighted by Gasteiger charge is 2.43. The molecule has 3 atom stereocenters. The van der Waals surface area contributed by atoms with Crippen LogP contribution < -0.4 is 29.8 Å². The van der Waals surface area contributed by atoms with Gasteiger partial charge in [0.25, 0.3) is 11.8 Å². The molecule has 2 fully saturated rings. The molecule has 2 amide bonds. The van der Waals surface area contributed by atoms with Crippen molar-refractivity contribution in [3.63, 3.8) is 0 Å². The minimum atomic E-state index is -1.09. The van der Waals surface area contributed by atoms with Gasteiger partial charge in [-0.1, -0.05) is 52.0 Å². The molecule has 12 heteroatoms. The molecular weight excluding hydrogens is 650 g/mol. The quantitative estimate of drug-likeness (QED) is 0.212. The Morgan fingerprint density at radius 1 is 0.824 bits per heavy atom. The van der Waals surface area contributed by atoms with E-state index in [2.05, 4.69) is 45.8 Å². The summed E-state index contributed by atoms with van der Waals surface area (Å²) in [5.41, 5.74) is 3.48. The number of nitrogens with zero attached hydrogens (tertiary/aromatic N) is 4. The van der Waals surface area contributed by atoms with Crippen LogP contribution in [0.3, 0.4) is 0 Å². The summed E-state index contributed by atoms with van der Waals surface area (Å²) >= 11 is 0. The number of aliphatic hydroxyl groups is 1. The number of benzene rings is 2. The van der Waals surface area contributed by atoms with E-state index in [1.54, 1.807) is 41.2 Å². The van der Waals surface area contributed by atoms with Crippen LogP contribution in [0.2, 0.25) is 0 Å². The molecule has 0 spiro atoms. The van der Waals surface area contributed by atoms with Crippen LogP contribution in [-0.2, 0) is 0 Å². The second-order valence-corrected chi connectivity index (χ2v) is 15.8. The minimum absolute atomic E-state index is 0.0646. The SMILES string of the molecule is C=C1CC2C=Nc3cc(OCC(C)(C)CCC(C)(C)CCOc4cc5c(cc4OC)C(=O)N4CC(=C)CC4C(O)N5N)c(OC)cc3C(=O)N2C1. The first-order chi connectivity index (χ1) is 24.1. The molecule has 0 radical (unpaired) electrons. The Kier molecular flexibility index (Phi) is 9.86. The first-order valence-electron chi connectivity index (χ1n) is 17.5. The van der Waals surface area contributed by atoms with Gasteiger partial charge in [-0.25, -0.2) is 5.84 Å². The molecule has 0 aromatic heterocycles. The van der Waals surface area contributed by atoms with Crippen molar-refractivity contribution in [3.8, 4) is 23.0 Å². The highest BCUT2D eigenvalue weighted by Crippen LogP contribution is 2.42. The number of methoxy groups -OCH3 is 2. The molecule has 0 bridgehead atoms. The Balaban J connectivity index is 1.06. The Hall–Kier alpha value is -4.55. The maximum Gasteiger partial charge on any atom is 0.257 e. The van der Waals surface area contributed by atoms with Crippen molar-refractivity contribution >= 4 is 29.4 Å². The van der Waals surface area contributed by atoms with Crippen molar-refractivity contribution in [2.24, 2.45) is 21.7 Å². The zero-order valence-corrected chi connectivity index (χ0v) is 30.7. The molecule has 51 heavy (non-hydrogen) atoms. The number of aliphatic imine (C=N–C) groups is 1.